The summed E-state index contributed by atoms with van der Waals surface area (Å²) in [5.74, 6) is 0.113. The lowest BCUT2D eigenvalue weighted by Crippen LogP contribution is -2.38. The molecule has 2 atom stereocenters. The van der Waals surface area contributed by atoms with Gasteiger partial charge in [-0.05, 0) is 32.4 Å². The molecule has 4 nitrogen and oxygen atoms in total. The molecule has 1 aromatic rings. The molecule has 0 saturated heterocycles. The molecule has 0 aromatic heterocycles. The smallest absolute Gasteiger partial charge is 0.124 e. The zero-order valence-corrected chi connectivity index (χ0v) is 10.6. The van der Waals surface area contributed by atoms with Crippen molar-refractivity contribution in [1.29, 1.82) is 0 Å². The molecule has 0 aliphatic rings. The molecule has 0 aliphatic heterocycles. The Morgan fingerprint density at radius 3 is 2.29 bits per heavy atom. The third-order valence-electron chi connectivity index (χ3n) is 3.04. The van der Waals surface area contributed by atoms with E-state index in [4.69, 9.17) is 0 Å². The van der Waals surface area contributed by atoms with Crippen molar-refractivity contribution in [2.75, 3.05) is 6.54 Å². The van der Waals surface area contributed by atoms with E-state index in [1.165, 1.54) is 12.1 Å². The summed E-state index contributed by atoms with van der Waals surface area (Å²) in [7, 11) is 0. The molecule has 0 bridgehead atoms. The standard InChI is InChI=1S/C13H21NO3/c1-4-13(3,17)8-14-9(2)12-10(15)6-5-7-11(12)16/h5-7,9,14-17H,4,8H2,1-3H3. The van der Waals surface area contributed by atoms with Crippen molar-refractivity contribution in [3.63, 3.8) is 0 Å². The molecule has 0 saturated carbocycles. The monoisotopic (exact) mass is 239 g/mol. The second kappa shape index (κ2) is 5.38. The molecule has 17 heavy (non-hydrogen) atoms. The first-order valence-corrected chi connectivity index (χ1v) is 5.84. The minimum absolute atomic E-state index is 0.0566. The fourth-order valence-electron chi connectivity index (χ4n) is 1.58. The van der Waals surface area contributed by atoms with Gasteiger partial charge in [0.05, 0.1) is 11.2 Å². The number of hydrogen-bond acceptors (Lipinski definition) is 4. The Balaban J connectivity index is 2.74. The van der Waals surface area contributed by atoms with Gasteiger partial charge in [-0.2, -0.15) is 0 Å². The van der Waals surface area contributed by atoms with Crippen LogP contribution in [0.4, 0.5) is 0 Å². The highest BCUT2D eigenvalue weighted by Gasteiger charge is 2.20. The summed E-state index contributed by atoms with van der Waals surface area (Å²) in [6, 6.07) is 4.42. The zero-order valence-electron chi connectivity index (χ0n) is 10.6. The number of nitrogens with one attached hydrogen (secondary N) is 1. The molecule has 1 rings (SSSR count). The third kappa shape index (κ3) is 3.61. The molecule has 1 aromatic carbocycles. The van der Waals surface area contributed by atoms with Crippen molar-refractivity contribution in [3.05, 3.63) is 23.8 Å². The number of benzene rings is 1. The van der Waals surface area contributed by atoms with Gasteiger partial charge in [-0.3, -0.25) is 0 Å². The van der Waals surface area contributed by atoms with E-state index in [1.807, 2.05) is 13.8 Å². The van der Waals surface area contributed by atoms with Crippen molar-refractivity contribution < 1.29 is 15.3 Å². The van der Waals surface area contributed by atoms with E-state index in [9.17, 15) is 15.3 Å². The number of rotatable bonds is 5. The summed E-state index contributed by atoms with van der Waals surface area (Å²) < 4.78 is 0. The second-order valence-corrected chi connectivity index (χ2v) is 4.66. The Bertz CT molecular complexity index is 357. The number of aliphatic hydroxyl groups is 1. The van der Waals surface area contributed by atoms with Crippen LogP contribution in [0.3, 0.4) is 0 Å². The fourth-order valence-corrected chi connectivity index (χ4v) is 1.58. The maximum Gasteiger partial charge on any atom is 0.124 e. The van der Waals surface area contributed by atoms with Crippen LogP contribution in [0.2, 0.25) is 0 Å². The molecule has 4 N–H and O–H groups in total. The number of aromatic hydroxyl groups is 2. The maximum absolute atomic E-state index is 9.87. The predicted molar refractivity (Wildman–Crippen MR) is 67.1 cm³/mol. The second-order valence-electron chi connectivity index (χ2n) is 4.66. The van der Waals surface area contributed by atoms with Crippen LogP contribution < -0.4 is 5.32 Å². The van der Waals surface area contributed by atoms with Crippen LogP contribution in [0.5, 0.6) is 11.5 Å². The largest absolute Gasteiger partial charge is 0.507 e. The van der Waals surface area contributed by atoms with Crippen molar-refractivity contribution in [1.82, 2.24) is 5.32 Å². The molecule has 4 heteroatoms. The Morgan fingerprint density at radius 1 is 1.29 bits per heavy atom. The lowest BCUT2D eigenvalue weighted by molar-refractivity contribution is 0.0532. The van der Waals surface area contributed by atoms with Crippen LogP contribution in [0.25, 0.3) is 0 Å². The van der Waals surface area contributed by atoms with Gasteiger partial charge in [0, 0.05) is 12.6 Å². The average molecular weight is 239 g/mol. The highest BCUT2D eigenvalue weighted by atomic mass is 16.3. The molecule has 0 spiro atoms. The van der Waals surface area contributed by atoms with Gasteiger partial charge >= 0.3 is 0 Å². The summed E-state index contributed by atoms with van der Waals surface area (Å²) in [6.07, 6.45) is 0.638. The van der Waals surface area contributed by atoms with E-state index in [0.717, 1.165) is 0 Å². The quantitative estimate of drug-likeness (QED) is 0.633. The van der Waals surface area contributed by atoms with Gasteiger partial charge < -0.3 is 20.6 Å². The molecule has 2 unspecified atom stereocenters. The zero-order chi connectivity index (χ0) is 13.1. The van der Waals surface area contributed by atoms with Gasteiger partial charge in [-0.1, -0.05) is 13.0 Å². The summed E-state index contributed by atoms with van der Waals surface area (Å²) >= 11 is 0. The van der Waals surface area contributed by atoms with Gasteiger partial charge in [-0.15, -0.1) is 0 Å². The highest BCUT2D eigenvalue weighted by Crippen LogP contribution is 2.32. The van der Waals surface area contributed by atoms with E-state index < -0.39 is 5.60 Å². The topological polar surface area (TPSA) is 72.7 Å². The van der Waals surface area contributed by atoms with Crippen molar-refractivity contribution in [2.45, 2.75) is 38.8 Å². The minimum atomic E-state index is -0.783. The first-order chi connectivity index (χ1) is 7.87. The Hall–Kier alpha value is -1.26. The minimum Gasteiger partial charge on any atom is -0.507 e. The molecule has 0 heterocycles. The van der Waals surface area contributed by atoms with Crippen LogP contribution in [0.1, 0.15) is 38.8 Å². The van der Waals surface area contributed by atoms with Gasteiger partial charge in [0.25, 0.3) is 0 Å². The average Bonchev–Trinajstić information content (AvgIpc) is 2.26. The highest BCUT2D eigenvalue weighted by molar-refractivity contribution is 5.44. The van der Waals surface area contributed by atoms with Crippen molar-refractivity contribution in [3.8, 4) is 11.5 Å². The van der Waals surface area contributed by atoms with Gasteiger partial charge in [0.2, 0.25) is 0 Å². The summed E-state index contributed by atoms with van der Waals surface area (Å²) in [4.78, 5) is 0. The number of phenolic OH excluding ortho intramolecular Hbond substituents is 2. The summed E-state index contributed by atoms with van der Waals surface area (Å²) in [6.45, 7) is 5.89. The molecule has 0 amide bonds. The lowest BCUT2D eigenvalue weighted by Gasteiger charge is -2.25. The van der Waals surface area contributed by atoms with Crippen LogP contribution >= 0.6 is 0 Å². The number of hydrogen-bond donors (Lipinski definition) is 4. The normalized spacial score (nSPS) is 16.5. The number of phenols is 2. The fraction of sp³-hybridized carbons (Fsp3) is 0.538. The predicted octanol–water partition coefficient (Wildman–Crippen LogP) is 1.91. The van der Waals surface area contributed by atoms with E-state index in [2.05, 4.69) is 5.32 Å². The van der Waals surface area contributed by atoms with Gasteiger partial charge in [-0.25, -0.2) is 0 Å². The van der Waals surface area contributed by atoms with Crippen LogP contribution in [-0.4, -0.2) is 27.5 Å². The molecule has 0 aliphatic carbocycles. The maximum atomic E-state index is 9.87. The molecule has 0 fully saturated rings. The molecule has 0 radical (unpaired) electrons. The van der Waals surface area contributed by atoms with Crippen LogP contribution in [0.15, 0.2) is 18.2 Å². The molecular formula is C13H21NO3. The van der Waals surface area contributed by atoms with Crippen LogP contribution in [0, 0.1) is 0 Å². The third-order valence-corrected chi connectivity index (χ3v) is 3.04. The first kappa shape index (κ1) is 13.8. The Morgan fingerprint density at radius 2 is 1.82 bits per heavy atom. The molecular weight excluding hydrogens is 218 g/mol. The van der Waals surface area contributed by atoms with Crippen molar-refractivity contribution >= 4 is 0 Å². The van der Waals surface area contributed by atoms with Gasteiger partial charge in [0.1, 0.15) is 11.5 Å². The lowest BCUT2D eigenvalue weighted by atomic mass is 10.0. The van der Waals surface area contributed by atoms with E-state index in [1.54, 1.807) is 13.0 Å². The first-order valence-electron chi connectivity index (χ1n) is 5.84. The van der Waals surface area contributed by atoms with Gasteiger partial charge in [0.15, 0.2) is 0 Å². The molecule has 96 valence electrons. The van der Waals surface area contributed by atoms with Crippen LogP contribution in [-0.2, 0) is 0 Å². The Labute approximate surface area is 102 Å². The summed E-state index contributed by atoms with van der Waals surface area (Å²) in [5.41, 5.74) is -0.326. The van der Waals surface area contributed by atoms with Crippen molar-refractivity contribution in [2.24, 2.45) is 0 Å². The van der Waals surface area contributed by atoms with E-state index in [-0.39, 0.29) is 17.5 Å². The SMILES string of the molecule is CCC(C)(O)CNC(C)c1c(O)cccc1O. The van der Waals surface area contributed by atoms with E-state index in [0.29, 0.717) is 18.5 Å². The summed E-state index contributed by atoms with van der Waals surface area (Å²) in [5, 5.41) is 32.3. The van der Waals surface area contributed by atoms with E-state index >= 15 is 0 Å². The Kier molecular flexibility index (Phi) is 4.37.